The molecule has 0 aliphatic carbocycles. The van der Waals surface area contributed by atoms with Crippen molar-refractivity contribution in [2.24, 2.45) is 0 Å². The number of ether oxygens (including phenoxy) is 1. The number of aromatic nitrogens is 1. The first-order valence-electron chi connectivity index (χ1n) is 5.14. The Labute approximate surface area is 93.7 Å². The average molecular weight is 217 g/mol. The van der Waals surface area contributed by atoms with Gasteiger partial charge in [0.25, 0.3) is 0 Å². The predicted molar refractivity (Wildman–Crippen MR) is 60.8 cm³/mol. The highest BCUT2D eigenvalue weighted by molar-refractivity contribution is 5.60. The van der Waals surface area contributed by atoms with Crippen LogP contribution in [-0.4, -0.2) is 11.6 Å². The van der Waals surface area contributed by atoms with Crippen molar-refractivity contribution in [1.29, 1.82) is 0 Å². The quantitative estimate of drug-likeness (QED) is 0.787. The highest BCUT2D eigenvalue weighted by Gasteiger charge is 2.02. The Bertz CT molecular complexity index is 485. The van der Waals surface area contributed by atoms with Gasteiger partial charge in [-0.05, 0) is 25.1 Å². The van der Waals surface area contributed by atoms with Gasteiger partial charge in [0.15, 0.2) is 0 Å². The van der Waals surface area contributed by atoms with Gasteiger partial charge in [0.05, 0.1) is 12.3 Å². The Morgan fingerprint density at radius 2 is 2.12 bits per heavy atom. The first-order chi connectivity index (χ1) is 7.79. The molecule has 16 heavy (non-hydrogen) atoms. The van der Waals surface area contributed by atoms with Crippen LogP contribution in [0, 0.1) is 5.82 Å². The topological polar surface area (TPSA) is 22.1 Å². The predicted octanol–water partition coefficient (Wildman–Crippen LogP) is 3.29. The fraction of sp³-hybridized carbons (Fsp3) is 0.154. The minimum atomic E-state index is -0.285. The molecule has 2 aromatic rings. The molecule has 0 N–H and O–H groups in total. The molecule has 0 radical (unpaired) electrons. The second kappa shape index (κ2) is 4.75. The van der Waals surface area contributed by atoms with Crippen LogP contribution < -0.4 is 4.74 Å². The number of rotatable bonds is 3. The fourth-order valence-corrected chi connectivity index (χ4v) is 1.47. The third-order valence-electron chi connectivity index (χ3n) is 2.16. The molecule has 0 aliphatic heterocycles. The number of hydrogen-bond donors (Lipinski definition) is 0. The van der Waals surface area contributed by atoms with Gasteiger partial charge in [-0.15, -0.1) is 0 Å². The van der Waals surface area contributed by atoms with E-state index in [9.17, 15) is 4.39 Å². The first kappa shape index (κ1) is 10.6. The number of nitrogens with zero attached hydrogens (tertiary/aromatic N) is 1. The Morgan fingerprint density at radius 1 is 1.25 bits per heavy atom. The van der Waals surface area contributed by atoms with Crippen molar-refractivity contribution in [3.63, 3.8) is 0 Å². The molecule has 0 bridgehead atoms. The largest absolute Gasteiger partial charge is 0.494 e. The maximum Gasteiger partial charge on any atom is 0.126 e. The molecule has 2 nitrogen and oxygen atoms in total. The zero-order valence-electron chi connectivity index (χ0n) is 8.98. The van der Waals surface area contributed by atoms with E-state index in [0.717, 1.165) is 11.3 Å². The van der Waals surface area contributed by atoms with Crippen molar-refractivity contribution in [2.45, 2.75) is 6.92 Å². The van der Waals surface area contributed by atoms with Gasteiger partial charge >= 0.3 is 0 Å². The molecule has 0 atom stereocenters. The van der Waals surface area contributed by atoms with Crippen LogP contribution in [0.3, 0.4) is 0 Å². The van der Waals surface area contributed by atoms with E-state index in [1.807, 2.05) is 31.2 Å². The Morgan fingerprint density at radius 3 is 2.88 bits per heavy atom. The summed E-state index contributed by atoms with van der Waals surface area (Å²) >= 11 is 0. The van der Waals surface area contributed by atoms with Crippen LogP contribution in [0.15, 0.2) is 42.6 Å². The van der Waals surface area contributed by atoms with Gasteiger partial charge in [-0.3, -0.25) is 4.98 Å². The van der Waals surface area contributed by atoms with Crippen molar-refractivity contribution < 1.29 is 9.13 Å². The molecule has 0 saturated carbocycles. The molecule has 0 fully saturated rings. The molecule has 82 valence electrons. The van der Waals surface area contributed by atoms with E-state index in [-0.39, 0.29) is 5.82 Å². The number of hydrogen-bond acceptors (Lipinski definition) is 2. The van der Waals surface area contributed by atoms with Gasteiger partial charge < -0.3 is 4.74 Å². The fourth-order valence-electron chi connectivity index (χ4n) is 1.47. The SMILES string of the molecule is CCOc1cccc(-c2cc(F)ccn2)c1. The standard InChI is InChI=1S/C13H12FNO/c1-2-16-12-5-3-4-10(8-12)13-9-11(14)6-7-15-13/h3-9H,2H2,1H3. The minimum Gasteiger partial charge on any atom is -0.494 e. The van der Waals surface area contributed by atoms with Crippen LogP contribution in [0.25, 0.3) is 11.3 Å². The van der Waals surface area contributed by atoms with Crippen LogP contribution in [0.2, 0.25) is 0 Å². The maximum absolute atomic E-state index is 13.0. The molecule has 1 aromatic carbocycles. The van der Waals surface area contributed by atoms with Gasteiger partial charge in [0, 0.05) is 17.8 Å². The molecular formula is C13H12FNO. The van der Waals surface area contributed by atoms with Crippen LogP contribution in [0.4, 0.5) is 4.39 Å². The third-order valence-corrected chi connectivity index (χ3v) is 2.16. The van der Waals surface area contributed by atoms with E-state index >= 15 is 0 Å². The van der Waals surface area contributed by atoms with Crippen molar-refractivity contribution in [1.82, 2.24) is 4.98 Å². The van der Waals surface area contributed by atoms with Crippen molar-refractivity contribution >= 4 is 0 Å². The zero-order chi connectivity index (χ0) is 11.4. The molecular weight excluding hydrogens is 205 g/mol. The van der Waals surface area contributed by atoms with Gasteiger partial charge in [0.2, 0.25) is 0 Å². The highest BCUT2D eigenvalue weighted by Crippen LogP contribution is 2.22. The van der Waals surface area contributed by atoms with Crippen LogP contribution in [0.5, 0.6) is 5.75 Å². The summed E-state index contributed by atoms with van der Waals surface area (Å²) in [5, 5.41) is 0. The highest BCUT2D eigenvalue weighted by atomic mass is 19.1. The van der Waals surface area contributed by atoms with Crippen molar-refractivity contribution in [3.8, 4) is 17.0 Å². The number of halogens is 1. The Hall–Kier alpha value is -1.90. The van der Waals surface area contributed by atoms with Crippen molar-refractivity contribution in [2.75, 3.05) is 6.61 Å². The van der Waals surface area contributed by atoms with Crippen LogP contribution in [-0.2, 0) is 0 Å². The monoisotopic (exact) mass is 217 g/mol. The second-order valence-electron chi connectivity index (χ2n) is 3.32. The van der Waals surface area contributed by atoms with Gasteiger partial charge in [-0.1, -0.05) is 12.1 Å². The summed E-state index contributed by atoms with van der Waals surface area (Å²) in [5.74, 6) is 0.484. The summed E-state index contributed by atoms with van der Waals surface area (Å²) < 4.78 is 18.4. The summed E-state index contributed by atoms with van der Waals surface area (Å²) in [7, 11) is 0. The smallest absolute Gasteiger partial charge is 0.126 e. The van der Waals surface area contributed by atoms with Crippen LogP contribution >= 0.6 is 0 Å². The molecule has 1 heterocycles. The lowest BCUT2D eigenvalue weighted by Gasteiger charge is -2.05. The molecule has 0 unspecified atom stereocenters. The lowest BCUT2D eigenvalue weighted by Crippen LogP contribution is -1.92. The van der Waals surface area contributed by atoms with Gasteiger partial charge in [0.1, 0.15) is 11.6 Å². The lowest BCUT2D eigenvalue weighted by atomic mass is 10.1. The summed E-state index contributed by atoms with van der Waals surface area (Å²) in [4.78, 5) is 4.12. The summed E-state index contributed by atoms with van der Waals surface area (Å²) in [6, 6.07) is 10.2. The maximum atomic E-state index is 13.0. The lowest BCUT2D eigenvalue weighted by molar-refractivity contribution is 0.340. The van der Waals surface area contributed by atoms with E-state index < -0.39 is 0 Å². The van der Waals surface area contributed by atoms with E-state index in [1.54, 1.807) is 0 Å². The normalized spacial score (nSPS) is 10.1. The van der Waals surface area contributed by atoms with E-state index in [4.69, 9.17) is 4.74 Å². The van der Waals surface area contributed by atoms with E-state index in [1.165, 1.54) is 18.3 Å². The Kier molecular flexibility index (Phi) is 3.15. The first-order valence-corrected chi connectivity index (χ1v) is 5.14. The van der Waals surface area contributed by atoms with Gasteiger partial charge in [-0.2, -0.15) is 0 Å². The Balaban J connectivity index is 2.36. The van der Waals surface area contributed by atoms with E-state index in [2.05, 4.69) is 4.98 Å². The molecule has 0 amide bonds. The molecule has 3 heteroatoms. The molecule has 0 aliphatic rings. The summed E-state index contributed by atoms with van der Waals surface area (Å²) in [5.41, 5.74) is 1.46. The average Bonchev–Trinajstić information content (AvgIpc) is 2.30. The van der Waals surface area contributed by atoms with Gasteiger partial charge in [-0.25, -0.2) is 4.39 Å². The second-order valence-corrected chi connectivity index (χ2v) is 3.32. The zero-order valence-corrected chi connectivity index (χ0v) is 8.98. The summed E-state index contributed by atoms with van der Waals surface area (Å²) in [6.45, 7) is 2.53. The van der Waals surface area contributed by atoms with E-state index in [0.29, 0.717) is 12.3 Å². The third kappa shape index (κ3) is 2.37. The summed E-state index contributed by atoms with van der Waals surface area (Å²) in [6.07, 6.45) is 1.46. The molecule has 0 spiro atoms. The minimum absolute atomic E-state index is 0.285. The molecule has 1 aromatic heterocycles. The van der Waals surface area contributed by atoms with Crippen LogP contribution in [0.1, 0.15) is 6.92 Å². The number of pyridine rings is 1. The number of benzene rings is 1. The molecule has 2 rings (SSSR count). The molecule has 0 saturated heterocycles. The van der Waals surface area contributed by atoms with Crippen molar-refractivity contribution in [3.05, 3.63) is 48.4 Å².